The molecule has 44 heavy (non-hydrogen) atoms. The van der Waals surface area contributed by atoms with Crippen LogP contribution in [0.4, 0.5) is 0 Å². The zero-order valence-electron chi connectivity index (χ0n) is 28.3. The standard InChI is InChI=1S/C37H68O7/c1-3-4-5-6-7-8-9-13-16-19-22-33(40)35-25-26-36(44-35)34(41)24-23-31(38)20-17-14-11-10-12-15-18-21-32(39)28-30-27-29(2)43-37(30)42/h27,29,31-36,38-41H,3-26,28H2,1-2H3/t29-,31+,32+,33-,34+,35+,36?/m0/s1. The smallest absolute Gasteiger partial charge is 0.334 e. The molecule has 1 saturated heterocycles. The maximum Gasteiger partial charge on any atom is 0.334 e. The normalized spacial score (nSPS) is 23.0. The van der Waals surface area contributed by atoms with Crippen molar-refractivity contribution in [1.29, 1.82) is 0 Å². The minimum atomic E-state index is -0.579. The molecule has 258 valence electrons. The van der Waals surface area contributed by atoms with Crippen molar-refractivity contribution in [1.82, 2.24) is 0 Å². The Bertz CT molecular complexity index is 756. The summed E-state index contributed by atoms with van der Waals surface area (Å²) in [7, 11) is 0. The molecule has 0 aromatic carbocycles. The maximum atomic E-state index is 11.6. The Morgan fingerprint density at radius 3 is 1.59 bits per heavy atom. The summed E-state index contributed by atoms with van der Waals surface area (Å²) in [6, 6.07) is 0. The molecule has 1 fully saturated rings. The van der Waals surface area contributed by atoms with Gasteiger partial charge in [0.2, 0.25) is 0 Å². The number of hydrogen-bond donors (Lipinski definition) is 4. The monoisotopic (exact) mass is 624 g/mol. The van der Waals surface area contributed by atoms with Crippen LogP contribution < -0.4 is 0 Å². The lowest BCUT2D eigenvalue weighted by Crippen LogP contribution is -2.31. The number of carbonyl (C=O) groups is 1. The molecule has 0 aliphatic carbocycles. The van der Waals surface area contributed by atoms with Crippen LogP contribution >= 0.6 is 0 Å². The van der Waals surface area contributed by atoms with Gasteiger partial charge in [0.15, 0.2) is 0 Å². The molecule has 0 aromatic rings. The van der Waals surface area contributed by atoms with E-state index in [1.807, 2.05) is 6.92 Å². The molecule has 4 N–H and O–H groups in total. The summed E-state index contributed by atoms with van der Waals surface area (Å²) in [6.45, 7) is 4.09. The molecule has 0 aromatic heterocycles. The lowest BCUT2D eigenvalue weighted by atomic mass is 9.99. The topological polar surface area (TPSA) is 116 Å². The molecule has 0 amide bonds. The van der Waals surface area contributed by atoms with Crippen LogP contribution in [0.5, 0.6) is 0 Å². The van der Waals surface area contributed by atoms with Gasteiger partial charge in [0.1, 0.15) is 6.10 Å². The molecule has 2 aliphatic heterocycles. The van der Waals surface area contributed by atoms with Gasteiger partial charge < -0.3 is 29.9 Å². The van der Waals surface area contributed by atoms with E-state index in [4.69, 9.17) is 9.47 Å². The summed E-state index contributed by atoms with van der Waals surface area (Å²) in [6.07, 6.45) is 25.1. The van der Waals surface area contributed by atoms with Gasteiger partial charge in [0, 0.05) is 12.0 Å². The second kappa shape index (κ2) is 24.2. The Kier molecular flexibility index (Phi) is 21.6. The Morgan fingerprint density at radius 2 is 1.09 bits per heavy atom. The SMILES string of the molecule is CCCCCCCCCCCC[C@H](O)[C@H]1CCC([C@H](O)CC[C@H](O)CCCCCCCCC[C@@H](O)CC2=C[C@H](C)OC2=O)O1. The third-order valence-electron chi connectivity index (χ3n) is 9.61. The van der Waals surface area contributed by atoms with E-state index < -0.39 is 18.3 Å². The van der Waals surface area contributed by atoms with Crippen LogP contribution in [-0.4, -0.2) is 69.1 Å². The van der Waals surface area contributed by atoms with Crippen molar-refractivity contribution in [2.45, 2.75) is 217 Å². The Labute approximate surface area is 269 Å². The number of carbonyl (C=O) groups excluding carboxylic acids is 1. The fraction of sp³-hybridized carbons (Fsp3) is 0.919. The molecule has 0 spiro atoms. The second-order valence-corrected chi connectivity index (χ2v) is 13.8. The van der Waals surface area contributed by atoms with E-state index in [0.29, 0.717) is 31.3 Å². The van der Waals surface area contributed by atoms with E-state index in [-0.39, 0.29) is 30.4 Å². The number of rotatable bonds is 28. The number of hydrogen-bond acceptors (Lipinski definition) is 7. The van der Waals surface area contributed by atoms with Gasteiger partial charge in [0.05, 0.1) is 36.6 Å². The van der Waals surface area contributed by atoms with E-state index in [2.05, 4.69) is 6.92 Å². The number of aliphatic hydroxyl groups is 4. The van der Waals surface area contributed by atoms with Crippen LogP contribution in [0.2, 0.25) is 0 Å². The number of unbranched alkanes of at least 4 members (excludes halogenated alkanes) is 15. The van der Waals surface area contributed by atoms with Gasteiger partial charge >= 0.3 is 5.97 Å². The van der Waals surface area contributed by atoms with Gasteiger partial charge in [-0.15, -0.1) is 0 Å². The minimum absolute atomic E-state index is 0.164. The van der Waals surface area contributed by atoms with Crippen LogP contribution in [0.1, 0.15) is 174 Å². The lowest BCUT2D eigenvalue weighted by Gasteiger charge is -2.23. The average molecular weight is 625 g/mol. The predicted octanol–water partition coefficient (Wildman–Crippen LogP) is 7.84. The van der Waals surface area contributed by atoms with Gasteiger partial charge in [-0.25, -0.2) is 4.79 Å². The molecule has 7 heteroatoms. The van der Waals surface area contributed by atoms with Crippen LogP contribution in [-0.2, 0) is 14.3 Å². The summed E-state index contributed by atoms with van der Waals surface area (Å²) in [5, 5.41) is 41.8. The first-order chi connectivity index (χ1) is 21.3. The summed E-state index contributed by atoms with van der Waals surface area (Å²) in [4.78, 5) is 11.6. The molecule has 0 radical (unpaired) electrons. The van der Waals surface area contributed by atoms with E-state index in [1.54, 1.807) is 6.08 Å². The zero-order valence-corrected chi connectivity index (χ0v) is 28.3. The molecule has 0 saturated carbocycles. The Morgan fingerprint density at radius 1 is 0.636 bits per heavy atom. The summed E-state index contributed by atoms with van der Waals surface area (Å²) in [5.74, 6) is -0.292. The van der Waals surface area contributed by atoms with Gasteiger partial charge in [0.25, 0.3) is 0 Å². The maximum absolute atomic E-state index is 11.6. The highest BCUT2D eigenvalue weighted by atomic mass is 16.5. The Hall–Kier alpha value is -0.990. The van der Waals surface area contributed by atoms with Gasteiger partial charge in [-0.3, -0.25) is 0 Å². The molecule has 7 atom stereocenters. The minimum Gasteiger partial charge on any atom is -0.455 e. The van der Waals surface area contributed by atoms with Crippen LogP contribution in [0.25, 0.3) is 0 Å². The van der Waals surface area contributed by atoms with Crippen molar-refractivity contribution in [3.63, 3.8) is 0 Å². The van der Waals surface area contributed by atoms with Gasteiger partial charge in [-0.05, 0) is 57.9 Å². The largest absolute Gasteiger partial charge is 0.455 e. The fourth-order valence-electron chi connectivity index (χ4n) is 6.76. The van der Waals surface area contributed by atoms with Crippen molar-refractivity contribution in [2.75, 3.05) is 0 Å². The quantitative estimate of drug-likeness (QED) is 0.0518. The first-order valence-corrected chi connectivity index (χ1v) is 18.6. The number of ether oxygens (including phenoxy) is 2. The highest BCUT2D eigenvalue weighted by molar-refractivity contribution is 5.90. The molecule has 0 bridgehead atoms. The fourth-order valence-corrected chi connectivity index (χ4v) is 6.76. The molecule has 1 unspecified atom stereocenters. The molecule has 7 nitrogen and oxygen atoms in total. The van der Waals surface area contributed by atoms with E-state index in [9.17, 15) is 25.2 Å². The molecule has 2 aliphatic rings. The first kappa shape index (κ1) is 39.2. The van der Waals surface area contributed by atoms with Crippen LogP contribution in [0.15, 0.2) is 11.6 Å². The first-order valence-electron chi connectivity index (χ1n) is 18.6. The van der Waals surface area contributed by atoms with Crippen molar-refractivity contribution in [3.8, 4) is 0 Å². The third kappa shape index (κ3) is 17.6. The van der Waals surface area contributed by atoms with Crippen molar-refractivity contribution in [2.24, 2.45) is 0 Å². The molecule has 2 rings (SSSR count). The van der Waals surface area contributed by atoms with E-state index in [0.717, 1.165) is 77.0 Å². The highest BCUT2D eigenvalue weighted by Gasteiger charge is 2.34. The molecular weight excluding hydrogens is 556 g/mol. The van der Waals surface area contributed by atoms with E-state index in [1.165, 1.54) is 57.8 Å². The van der Waals surface area contributed by atoms with Crippen molar-refractivity contribution >= 4 is 5.97 Å². The number of aliphatic hydroxyl groups excluding tert-OH is 4. The van der Waals surface area contributed by atoms with Crippen LogP contribution in [0, 0.1) is 0 Å². The van der Waals surface area contributed by atoms with Crippen LogP contribution in [0.3, 0.4) is 0 Å². The van der Waals surface area contributed by atoms with Crippen molar-refractivity contribution in [3.05, 3.63) is 11.6 Å². The summed E-state index contributed by atoms with van der Waals surface area (Å²) >= 11 is 0. The van der Waals surface area contributed by atoms with E-state index >= 15 is 0 Å². The summed E-state index contributed by atoms with van der Waals surface area (Å²) < 4.78 is 11.1. The van der Waals surface area contributed by atoms with Crippen molar-refractivity contribution < 1.29 is 34.7 Å². The second-order valence-electron chi connectivity index (χ2n) is 13.8. The number of cyclic esters (lactones) is 1. The molecule has 2 heterocycles. The molecular formula is C37H68O7. The Balaban J connectivity index is 1.39. The van der Waals surface area contributed by atoms with Gasteiger partial charge in [-0.1, -0.05) is 116 Å². The average Bonchev–Trinajstić information content (AvgIpc) is 3.62. The predicted molar refractivity (Wildman–Crippen MR) is 177 cm³/mol. The highest BCUT2D eigenvalue weighted by Crippen LogP contribution is 2.28. The number of esters is 1. The zero-order chi connectivity index (χ0) is 32.0. The lowest BCUT2D eigenvalue weighted by molar-refractivity contribution is -0.139. The third-order valence-corrected chi connectivity index (χ3v) is 9.61. The summed E-state index contributed by atoms with van der Waals surface area (Å²) in [5.41, 5.74) is 0.604. The van der Waals surface area contributed by atoms with Gasteiger partial charge in [-0.2, -0.15) is 0 Å².